The molecule has 2 aromatic carbocycles. The zero-order valence-electron chi connectivity index (χ0n) is 16.0. The van der Waals surface area contributed by atoms with Gasteiger partial charge in [-0.15, -0.1) is 11.8 Å². The molecule has 1 N–H and O–H groups in total. The second-order valence-electron chi connectivity index (χ2n) is 6.24. The minimum atomic E-state index is -0.560. The third-order valence-corrected chi connectivity index (χ3v) is 5.66. The van der Waals surface area contributed by atoms with E-state index in [4.69, 9.17) is 11.6 Å². The average Bonchev–Trinajstić information content (AvgIpc) is 2.70. The van der Waals surface area contributed by atoms with Gasteiger partial charge in [0.25, 0.3) is 0 Å². The molecule has 7 heteroatoms. The van der Waals surface area contributed by atoms with E-state index in [2.05, 4.69) is 5.32 Å². The molecule has 0 aliphatic rings. The van der Waals surface area contributed by atoms with Gasteiger partial charge in [0.15, 0.2) is 0 Å². The number of carbonyl (C=O) groups excluding carboxylic acids is 2. The molecule has 4 nitrogen and oxygen atoms in total. The molecular weight excluding hydrogens is 399 g/mol. The van der Waals surface area contributed by atoms with Gasteiger partial charge in [0.05, 0.1) is 5.75 Å². The van der Waals surface area contributed by atoms with Crippen molar-refractivity contribution in [3.8, 4) is 0 Å². The second kappa shape index (κ2) is 11.1. The van der Waals surface area contributed by atoms with Crippen LogP contribution in [-0.4, -0.2) is 35.6 Å². The lowest BCUT2D eigenvalue weighted by molar-refractivity contribution is -0.139. The van der Waals surface area contributed by atoms with E-state index >= 15 is 0 Å². The van der Waals surface area contributed by atoms with E-state index in [0.717, 1.165) is 5.56 Å². The Hall–Kier alpha value is -2.05. The van der Waals surface area contributed by atoms with Crippen LogP contribution in [0.15, 0.2) is 48.5 Å². The number of amides is 2. The molecule has 0 aromatic heterocycles. The molecule has 0 saturated carbocycles. The maximum atomic E-state index is 13.9. The molecule has 0 radical (unpaired) electrons. The van der Waals surface area contributed by atoms with Crippen LogP contribution in [0.4, 0.5) is 4.39 Å². The van der Waals surface area contributed by atoms with Crippen LogP contribution in [0.1, 0.15) is 24.5 Å². The third kappa shape index (κ3) is 5.97. The Morgan fingerprint density at radius 3 is 2.50 bits per heavy atom. The maximum Gasteiger partial charge on any atom is 0.242 e. The summed E-state index contributed by atoms with van der Waals surface area (Å²) in [7, 11) is 1.56. The lowest BCUT2D eigenvalue weighted by atomic mass is 10.1. The lowest BCUT2D eigenvalue weighted by Gasteiger charge is -2.30. The van der Waals surface area contributed by atoms with Crippen molar-refractivity contribution in [2.75, 3.05) is 12.8 Å². The molecule has 2 amide bonds. The highest BCUT2D eigenvalue weighted by atomic mass is 35.5. The largest absolute Gasteiger partial charge is 0.357 e. The highest BCUT2D eigenvalue weighted by Gasteiger charge is 2.27. The zero-order chi connectivity index (χ0) is 20.5. The smallest absolute Gasteiger partial charge is 0.242 e. The number of nitrogens with one attached hydrogen (secondary N) is 1. The van der Waals surface area contributed by atoms with Gasteiger partial charge in [-0.25, -0.2) is 4.39 Å². The minimum Gasteiger partial charge on any atom is -0.357 e. The normalized spacial score (nSPS) is 11.7. The van der Waals surface area contributed by atoms with Gasteiger partial charge in [-0.1, -0.05) is 54.9 Å². The van der Waals surface area contributed by atoms with Gasteiger partial charge < -0.3 is 10.2 Å². The Labute approximate surface area is 174 Å². The zero-order valence-corrected chi connectivity index (χ0v) is 17.5. The van der Waals surface area contributed by atoms with Crippen LogP contribution in [0.2, 0.25) is 5.02 Å². The molecule has 2 aromatic rings. The van der Waals surface area contributed by atoms with Crippen molar-refractivity contribution in [2.45, 2.75) is 31.7 Å². The summed E-state index contributed by atoms with van der Waals surface area (Å²) in [4.78, 5) is 26.8. The number of likely N-dealkylation sites (N-methyl/N-ethyl adjacent to an activating group) is 1. The fourth-order valence-electron chi connectivity index (χ4n) is 2.86. The van der Waals surface area contributed by atoms with Crippen LogP contribution in [0.3, 0.4) is 0 Å². The number of halogens is 2. The van der Waals surface area contributed by atoms with E-state index in [9.17, 15) is 14.0 Å². The van der Waals surface area contributed by atoms with Gasteiger partial charge >= 0.3 is 0 Å². The quantitative estimate of drug-likeness (QED) is 0.656. The van der Waals surface area contributed by atoms with Gasteiger partial charge in [-0.05, 0) is 24.1 Å². The number of thioether (sulfide) groups is 1. The van der Waals surface area contributed by atoms with Gasteiger partial charge in [0, 0.05) is 29.9 Å². The summed E-state index contributed by atoms with van der Waals surface area (Å²) >= 11 is 7.33. The van der Waals surface area contributed by atoms with E-state index in [1.807, 2.05) is 37.3 Å². The molecule has 0 heterocycles. The number of nitrogens with zero attached hydrogens (tertiary/aromatic N) is 1. The Morgan fingerprint density at radius 2 is 1.89 bits per heavy atom. The highest BCUT2D eigenvalue weighted by molar-refractivity contribution is 7.99. The van der Waals surface area contributed by atoms with Gasteiger partial charge in [0.2, 0.25) is 11.8 Å². The Balaban J connectivity index is 2.10. The minimum absolute atomic E-state index is 0.130. The Morgan fingerprint density at radius 1 is 1.18 bits per heavy atom. The van der Waals surface area contributed by atoms with E-state index in [1.54, 1.807) is 24.1 Å². The maximum absolute atomic E-state index is 13.9. The van der Waals surface area contributed by atoms with Crippen LogP contribution in [0, 0.1) is 5.82 Å². The molecule has 2 rings (SSSR count). The molecule has 0 saturated heterocycles. The van der Waals surface area contributed by atoms with Gasteiger partial charge in [0.1, 0.15) is 11.9 Å². The average molecular weight is 423 g/mol. The van der Waals surface area contributed by atoms with Crippen LogP contribution in [0.25, 0.3) is 0 Å². The molecular formula is C21H24ClFN2O2S. The fraction of sp³-hybridized carbons (Fsp3) is 0.333. The monoisotopic (exact) mass is 422 g/mol. The number of carbonyl (C=O) groups is 2. The van der Waals surface area contributed by atoms with Crippen LogP contribution >= 0.6 is 23.4 Å². The molecule has 150 valence electrons. The summed E-state index contributed by atoms with van der Waals surface area (Å²) in [6.07, 6.45) is 0.502. The Bertz CT molecular complexity index is 784. The van der Waals surface area contributed by atoms with Crippen molar-refractivity contribution in [3.63, 3.8) is 0 Å². The summed E-state index contributed by atoms with van der Waals surface area (Å²) in [5, 5.41) is 2.97. The highest BCUT2D eigenvalue weighted by Crippen LogP contribution is 2.24. The molecule has 1 atom stereocenters. The van der Waals surface area contributed by atoms with Crippen LogP contribution in [0.5, 0.6) is 0 Å². The molecule has 0 aliphatic heterocycles. The van der Waals surface area contributed by atoms with Crippen molar-refractivity contribution in [1.29, 1.82) is 0 Å². The third-order valence-electron chi connectivity index (χ3n) is 4.36. The molecule has 0 aliphatic carbocycles. The first-order chi connectivity index (χ1) is 13.5. The first kappa shape index (κ1) is 22.2. The predicted octanol–water partition coefficient (Wildman–Crippen LogP) is 4.27. The van der Waals surface area contributed by atoms with Crippen LogP contribution in [-0.2, 0) is 21.9 Å². The SMILES string of the molecule is CC[C@@H](C(=O)NC)N(Cc1ccccc1)C(=O)CSCc1c(F)cccc1Cl. The molecule has 0 spiro atoms. The van der Waals surface area contributed by atoms with E-state index in [1.165, 1.54) is 17.8 Å². The van der Waals surface area contributed by atoms with E-state index in [0.29, 0.717) is 23.6 Å². The summed E-state index contributed by atoms with van der Waals surface area (Å²) in [6.45, 7) is 2.21. The predicted molar refractivity (Wildman–Crippen MR) is 113 cm³/mol. The van der Waals surface area contributed by atoms with Crippen molar-refractivity contribution in [3.05, 3.63) is 70.5 Å². The van der Waals surface area contributed by atoms with E-state index in [-0.39, 0.29) is 29.1 Å². The summed E-state index contributed by atoms with van der Waals surface area (Å²) in [6, 6.07) is 13.5. The summed E-state index contributed by atoms with van der Waals surface area (Å²) in [5.74, 6) is -0.339. The number of hydrogen-bond donors (Lipinski definition) is 1. The first-order valence-electron chi connectivity index (χ1n) is 9.03. The van der Waals surface area contributed by atoms with Crippen molar-refractivity contribution >= 4 is 35.2 Å². The van der Waals surface area contributed by atoms with Crippen LogP contribution < -0.4 is 5.32 Å². The van der Waals surface area contributed by atoms with Crippen molar-refractivity contribution in [1.82, 2.24) is 10.2 Å². The summed E-state index contributed by atoms with van der Waals surface area (Å²) < 4.78 is 13.9. The topological polar surface area (TPSA) is 49.4 Å². The standard InChI is InChI=1S/C21H24ClFN2O2S/c1-3-19(21(27)24-2)25(12-15-8-5-4-6-9-15)20(26)14-28-13-16-17(22)10-7-11-18(16)23/h4-11,19H,3,12-14H2,1-2H3,(H,24,27)/t19-/m0/s1. The number of benzene rings is 2. The molecule has 0 fully saturated rings. The molecule has 28 heavy (non-hydrogen) atoms. The number of hydrogen-bond acceptors (Lipinski definition) is 3. The lowest BCUT2D eigenvalue weighted by Crippen LogP contribution is -2.48. The Kier molecular flexibility index (Phi) is 8.80. The number of rotatable bonds is 9. The second-order valence-corrected chi connectivity index (χ2v) is 7.63. The summed E-state index contributed by atoms with van der Waals surface area (Å²) in [5.41, 5.74) is 1.33. The van der Waals surface area contributed by atoms with Crippen molar-refractivity contribution < 1.29 is 14.0 Å². The van der Waals surface area contributed by atoms with Crippen molar-refractivity contribution in [2.24, 2.45) is 0 Å². The van der Waals surface area contributed by atoms with Gasteiger partial charge in [-0.2, -0.15) is 0 Å². The first-order valence-corrected chi connectivity index (χ1v) is 10.6. The molecule has 0 bridgehead atoms. The molecule has 0 unspecified atom stereocenters. The van der Waals surface area contributed by atoms with Gasteiger partial charge in [-0.3, -0.25) is 9.59 Å². The van der Waals surface area contributed by atoms with E-state index < -0.39 is 6.04 Å². The fourth-order valence-corrected chi connectivity index (χ4v) is 4.11.